The Morgan fingerprint density at radius 2 is 1.78 bits per heavy atom. The Balaban J connectivity index is 1.54. The fourth-order valence-electron chi connectivity index (χ4n) is 5.03. The monoisotopic (exact) mass is 359 g/mol. The average Bonchev–Trinajstić information content (AvgIpc) is 3.26. The number of benzene rings is 2. The zero-order chi connectivity index (χ0) is 18.4. The number of piperidine rings is 1. The van der Waals surface area contributed by atoms with Crippen molar-refractivity contribution < 1.29 is 4.52 Å². The van der Waals surface area contributed by atoms with Gasteiger partial charge in [0.05, 0.1) is 5.92 Å². The van der Waals surface area contributed by atoms with Crippen molar-refractivity contribution in [1.29, 1.82) is 0 Å². The highest BCUT2D eigenvalue weighted by Crippen LogP contribution is 2.50. The van der Waals surface area contributed by atoms with E-state index in [0.29, 0.717) is 23.8 Å². The third-order valence-electron chi connectivity index (χ3n) is 6.53. The van der Waals surface area contributed by atoms with Crippen LogP contribution in [-0.4, -0.2) is 34.2 Å². The van der Waals surface area contributed by atoms with Crippen LogP contribution in [0.15, 0.2) is 59.1 Å². The van der Waals surface area contributed by atoms with Crippen LogP contribution in [0.5, 0.6) is 0 Å². The van der Waals surface area contributed by atoms with Gasteiger partial charge in [0.1, 0.15) is 0 Å². The molecule has 4 atom stereocenters. The van der Waals surface area contributed by atoms with Crippen molar-refractivity contribution >= 4 is 0 Å². The first-order valence-electron chi connectivity index (χ1n) is 9.88. The van der Waals surface area contributed by atoms with Gasteiger partial charge in [-0.1, -0.05) is 65.3 Å². The van der Waals surface area contributed by atoms with Gasteiger partial charge in [0.2, 0.25) is 11.7 Å². The number of rotatable bonds is 3. The largest absolute Gasteiger partial charge is 0.339 e. The Morgan fingerprint density at radius 3 is 2.56 bits per heavy atom. The summed E-state index contributed by atoms with van der Waals surface area (Å²) in [7, 11) is 2.26. The van der Waals surface area contributed by atoms with E-state index in [2.05, 4.69) is 48.3 Å². The van der Waals surface area contributed by atoms with E-state index in [1.165, 1.54) is 24.0 Å². The minimum absolute atomic E-state index is 0.251. The molecule has 138 valence electrons. The lowest BCUT2D eigenvalue weighted by Gasteiger charge is -2.41. The minimum Gasteiger partial charge on any atom is -0.339 e. The minimum atomic E-state index is 0.251. The SMILES string of the molecule is Cc1ccc(C2C[C@H]3CCC([C@H]2c2nc(-c4ccccc4)no2)N3C)cc1. The number of hydrogen-bond acceptors (Lipinski definition) is 4. The molecule has 0 amide bonds. The van der Waals surface area contributed by atoms with Gasteiger partial charge in [-0.25, -0.2) is 0 Å². The van der Waals surface area contributed by atoms with E-state index in [4.69, 9.17) is 9.51 Å². The standard InChI is InChI=1S/C23H25N3O/c1-15-8-10-16(11-9-15)19-14-18-12-13-20(26(18)2)21(19)23-24-22(25-27-23)17-6-4-3-5-7-17/h3-11,18-21H,12-14H2,1-2H3/t18-,19?,20?,21+/m1/s1. The molecule has 2 unspecified atom stereocenters. The fraction of sp³-hybridized carbons (Fsp3) is 0.391. The van der Waals surface area contributed by atoms with E-state index in [-0.39, 0.29) is 5.92 Å². The molecule has 2 aromatic carbocycles. The van der Waals surface area contributed by atoms with Crippen molar-refractivity contribution in [1.82, 2.24) is 15.0 Å². The first-order chi connectivity index (χ1) is 13.2. The van der Waals surface area contributed by atoms with Crippen molar-refractivity contribution in [2.45, 2.75) is 50.1 Å². The van der Waals surface area contributed by atoms with Gasteiger partial charge in [0.15, 0.2) is 0 Å². The van der Waals surface area contributed by atoms with E-state index in [1.807, 2.05) is 30.3 Å². The lowest BCUT2D eigenvalue weighted by atomic mass is 9.76. The van der Waals surface area contributed by atoms with Crippen molar-refractivity contribution in [2.24, 2.45) is 0 Å². The summed E-state index contributed by atoms with van der Waals surface area (Å²) >= 11 is 0. The summed E-state index contributed by atoms with van der Waals surface area (Å²) in [6.07, 6.45) is 3.63. The van der Waals surface area contributed by atoms with Crippen LogP contribution in [0.1, 0.15) is 48.1 Å². The van der Waals surface area contributed by atoms with Crippen molar-refractivity contribution in [3.8, 4) is 11.4 Å². The van der Waals surface area contributed by atoms with Crippen LogP contribution in [0.4, 0.5) is 0 Å². The summed E-state index contributed by atoms with van der Waals surface area (Å²) in [6, 6.07) is 20.2. The van der Waals surface area contributed by atoms with Gasteiger partial charge in [-0.3, -0.25) is 4.90 Å². The van der Waals surface area contributed by atoms with E-state index in [0.717, 1.165) is 17.9 Å². The second kappa shape index (κ2) is 6.61. The molecule has 3 heterocycles. The Labute approximate surface area is 160 Å². The molecule has 2 fully saturated rings. The molecule has 4 heteroatoms. The molecule has 0 radical (unpaired) electrons. The molecule has 27 heavy (non-hydrogen) atoms. The highest BCUT2D eigenvalue weighted by Gasteiger charge is 2.48. The van der Waals surface area contributed by atoms with Gasteiger partial charge in [-0.05, 0) is 44.7 Å². The van der Waals surface area contributed by atoms with Crippen LogP contribution < -0.4 is 0 Å². The Morgan fingerprint density at radius 1 is 1.00 bits per heavy atom. The van der Waals surface area contributed by atoms with Crippen molar-refractivity contribution in [3.05, 3.63) is 71.6 Å². The summed E-state index contributed by atoms with van der Waals surface area (Å²) in [4.78, 5) is 7.39. The second-order valence-corrected chi connectivity index (χ2v) is 8.06. The summed E-state index contributed by atoms with van der Waals surface area (Å²) < 4.78 is 5.85. The normalized spacial score (nSPS) is 27.8. The number of aromatic nitrogens is 2. The van der Waals surface area contributed by atoms with E-state index < -0.39 is 0 Å². The molecular formula is C23H25N3O. The molecule has 3 aromatic rings. The molecular weight excluding hydrogens is 334 g/mol. The molecule has 0 saturated carbocycles. The van der Waals surface area contributed by atoms with Gasteiger partial charge < -0.3 is 4.52 Å². The highest BCUT2D eigenvalue weighted by atomic mass is 16.5. The second-order valence-electron chi connectivity index (χ2n) is 8.06. The summed E-state index contributed by atoms with van der Waals surface area (Å²) in [5.41, 5.74) is 3.71. The number of fused-ring (bicyclic) bond motifs is 2. The molecule has 0 spiro atoms. The highest BCUT2D eigenvalue weighted by molar-refractivity contribution is 5.53. The molecule has 0 N–H and O–H groups in total. The van der Waals surface area contributed by atoms with Crippen LogP contribution in [-0.2, 0) is 0 Å². The molecule has 1 aromatic heterocycles. The molecule has 2 saturated heterocycles. The van der Waals surface area contributed by atoms with Crippen LogP contribution in [0.25, 0.3) is 11.4 Å². The van der Waals surface area contributed by atoms with Gasteiger partial charge in [-0.15, -0.1) is 0 Å². The molecule has 2 bridgehead atoms. The molecule has 0 aliphatic carbocycles. The van der Waals surface area contributed by atoms with Crippen LogP contribution in [0.3, 0.4) is 0 Å². The topological polar surface area (TPSA) is 42.2 Å². The predicted molar refractivity (Wildman–Crippen MR) is 106 cm³/mol. The van der Waals surface area contributed by atoms with E-state index in [1.54, 1.807) is 0 Å². The Kier molecular flexibility index (Phi) is 4.09. The van der Waals surface area contributed by atoms with E-state index >= 15 is 0 Å². The number of likely N-dealkylation sites (N-methyl/N-ethyl adjacent to an activating group) is 1. The third-order valence-corrected chi connectivity index (χ3v) is 6.53. The van der Waals surface area contributed by atoms with Crippen LogP contribution in [0.2, 0.25) is 0 Å². The Hall–Kier alpha value is -2.46. The van der Waals surface area contributed by atoms with Gasteiger partial charge >= 0.3 is 0 Å². The smallest absolute Gasteiger partial charge is 0.232 e. The van der Waals surface area contributed by atoms with Gasteiger partial charge in [0, 0.05) is 17.6 Å². The number of nitrogens with zero attached hydrogens (tertiary/aromatic N) is 3. The van der Waals surface area contributed by atoms with E-state index in [9.17, 15) is 0 Å². The first kappa shape index (κ1) is 16.7. The van der Waals surface area contributed by atoms with Gasteiger partial charge in [0.25, 0.3) is 0 Å². The summed E-state index contributed by atoms with van der Waals surface area (Å²) in [6.45, 7) is 2.14. The molecule has 2 aliphatic rings. The average molecular weight is 359 g/mol. The number of hydrogen-bond donors (Lipinski definition) is 0. The molecule has 5 rings (SSSR count). The predicted octanol–water partition coefficient (Wildman–Crippen LogP) is 4.78. The Bertz CT molecular complexity index is 918. The van der Waals surface area contributed by atoms with Gasteiger partial charge in [-0.2, -0.15) is 4.98 Å². The molecule has 2 aliphatic heterocycles. The summed E-state index contributed by atoms with van der Waals surface area (Å²) in [5, 5.41) is 4.31. The van der Waals surface area contributed by atoms with Crippen molar-refractivity contribution in [3.63, 3.8) is 0 Å². The van der Waals surface area contributed by atoms with Crippen LogP contribution in [0, 0.1) is 6.92 Å². The maximum atomic E-state index is 5.85. The maximum absolute atomic E-state index is 5.85. The maximum Gasteiger partial charge on any atom is 0.232 e. The van der Waals surface area contributed by atoms with Crippen LogP contribution >= 0.6 is 0 Å². The lowest BCUT2D eigenvalue weighted by Crippen LogP contribution is -2.44. The van der Waals surface area contributed by atoms with Crippen molar-refractivity contribution in [2.75, 3.05) is 7.05 Å². The zero-order valence-electron chi connectivity index (χ0n) is 15.9. The molecule has 4 nitrogen and oxygen atoms in total. The zero-order valence-corrected chi connectivity index (χ0v) is 15.9. The first-order valence-corrected chi connectivity index (χ1v) is 9.88. The fourth-order valence-corrected chi connectivity index (χ4v) is 5.03. The number of aryl methyl sites for hydroxylation is 1. The quantitative estimate of drug-likeness (QED) is 0.675. The summed E-state index contributed by atoms with van der Waals surface area (Å²) in [5.74, 6) is 2.16. The third kappa shape index (κ3) is 2.88. The lowest BCUT2D eigenvalue weighted by molar-refractivity contribution is 0.120.